The first-order chi connectivity index (χ1) is 20.1. The van der Waals surface area contributed by atoms with Gasteiger partial charge in [0.2, 0.25) is 17.7 Å². The number of esters is 1. The van der Waals surface area contributed by atoms with Crippen LogP contribution in [-0.2, 0) is 35.1 Å². The third kappa shape index (κ3) is 11.0. The van der Waals surface area contributed by atoms with E-state index in [1.165, 1.54) is 4.90 Å². The van der Waals surface area contributed by atoms with Crippen LogP contribution in [0.15, 0.2) is 30.3 Å². The molecule has 10 heteroatoms. The normalized spacial score (nSPS) is 24.9. The lowest BCUT2D eigenvalue weighted by atomic mass is 9.97. The molecule has 1 aromatic carbocycles. The van der Waals surface area contributed by atoms with Crippen molar-refractivity contribution in [1.82, 2.24) is 20.9 Å². The van der Waals surface area contributed by atoms with Crippen molar-refractivity contribution in [2.75, 3.05) is 7.05 Å². The van der Waals surface area contributed by atoms with Crippen molar-refractivity contribution in [2.24, 2.45) is 23.7 Å². The zero-order valence-corrected chi connectivity index (χ0v) is 27.3. The van der Waals surface area contributed by atoms with Crippen molar-refractivity contribution in [1.29, 1.82) is 0 Å². The topological polar surface area (TPSA) is 134 Å². The second kappa shape index (κ2) is 16.4. The molecule has 1 heterocycles. The standard InChI is InChI=1S/C33H52N4O6/c1-19(2)15-25-33(42)43-27(17-21(5)6)31(40)36-28(22(7)8)32(41)37(9)26(16-20(3)4)30(39)34-24(29(38)35-25)18-23-13-11-10-12-14-23/h10-14,19-22,24-28H,15-18H2,1-9H3,(H,34,39)(H,35,38)(H,36,40)/t24-,25?,26?,27-,28-/m0/s1. The van der Waals surface area contributed by atoms with E-state index in [0.29, 0.717) is 6.42 Å². The van der Waals surface area contributed by atoms with Gasteiger partial charge in [0.05, 0.1) is 0 Å². The van der Waals surface area contributed by atoms with Gasteiger partial charge in [0.1, 0.15) is 24.2 Å². The summed E-state index contributed by atoms with van der Waals surface area (Å²) in [5, 5.41) is 8.50. The molecular weight excluding hydrogens is 548 g/mol. The first-order valence-electron chi connectivity index (χ1n) is 15.5. The predicted molar refractivity (Wildman–Crippen MR) is 166 cm³/mol. The minimum atomic E-state index is -1.16. The highest BCUT2D eigenvalue weighted by Gasteiger charge is 2.39. The number of cyclic esters (lactones) is 1. The van der Waals surface area contributed by atoms with Crippen LogP contribution in [0.3, 0.4) is 0 Å². The van der Waals surface area contributed by atoms with Gasteiger partial charge in [-0.15, -0.1) is 0 Å². The van der Waals surface area contributed by atoms with Gasteiger partial charge in [-0.25, -0.2) is 4.79 Å². The number of rotatable bonds is 9. The zero-order chi connectivity index (χ0) is 32.4. The van der Waals surface area contributed by atoms with Gasteiger partial charge in [0.25, 0.3) is 5.91 Å². The maximum atomic E-state index is 13.9. The molecule has 1 aromatic rings. The summed E-state index contributed by atoms with van der Waals surface area (Å²) >= 11 is 0. The van der Waals surface area contributed by atoms with Crippen LogP contribution in [0.2, 0.25) is 0 Å². The van der Waals surface area contributed by atoms with E-state index in [9.17, 15) is 24.0 Å². The first-order valence-corrected chi connectivity index (χ1v) is 15.5. The number of benzene rings is 1. The van der Waals surface area contributed by atoms with Gasteiger partial charge in [-0.3, -0.25) is 19.2 Å². The fourth-order valence-electron chi connectivity index (χ4n) is 5.16. The molecule has 43 heavy (non-hydrogen) atoms. The number of likely N-dealkylation sites (N-methyl/N-ethyl adjacent to an activating group) is 1. The average Bonchev–Trinajstić information content (AvgIpc) is 2.91. The van der Waals surface area contributed by atoms with Crippen molar-refractivity contribution in [3.63, 3.8) is 0 Å². The lowest BCUT2D eigenvalue weighted by Crippen LogP contribution is -2.59. The molecule has 0 bridgehead atoms. The molecule has 1 aliphatic heterocycles. The Labute approximate surface area is 257 Å². The van der Waals surface area contributed by atoms with Crippen LogP contribution in [0.5, 0.6) is 0 Å². The van der Waals surface area contributed by atoms with Gasteiger partial charge in [0, 0.05) is 13.5 Å². The monoisotopic (exact) mass is 600 g/mol. The molecule has 1 saturated heterocycles. The van der Waals surface area contributed by atoms with Gasteiger partial charge < -0.3 is 25.6 Å². The Morgan fingerprint density at radius 3 is 1.79 bits per heavy atom. The average molecular weight is 601 g/mol. The second-order valence-corrected chi connectivity index (χ2v) is 13.3. The Morgan fingerprint density at radius 2 is 1.26 bits per heavy atom. The van der Waals surface area contributed by atoms with Crippen LogP contribution < -0.4 is 16.0 Å². The highest BCUT2D eigenvalue weighted by atomic mass is 16.5. The molecule has 1 aliphatic rings. The molecule has 10 nitrogen and oxygen atoms in total. The lowest BCUT2D eigenvalue weighted by Gasteiger charge is -2.34. The summed E-state index contributed by atoms with van der Waals surface area (Å²) < 4.78 is 5.77. The predicted octanol–water partition coefficient (Wildman–Crippen LogP) is 3.23. The number of hydrogen-bond acceptors (Lipinski definition) is 6. The smallest absolute Gasteiger partial charge is 0.329 e. The minimum Gasteiger partial charge on any atom is -0.451 e. The first kappa shape index (κ1) is 35.8. The van der Waals surface area contributed by atoms with Crippen LogP contribution in [0.1, 0.15) is 80.2 Å². The molecular formula is C33H52N4O6. The van der Waals surface area contributed by atoms with Crippen LogP contribution in [0.25, 0.3) is 0 Å². The maximum absolute atomic E-state index is 13.9. The quantitative estimate of drug-likeness (QED) is 0.373. The van der Waals surface area contributed by atoms with Gasteiger partial charge in [-0.2, -0.15) is 0 Å². The third-order valence-corrected chi connectivity index (χ3v) is 7.50. The van der Waals surface area contributed by atoms with E-state index in [-0.39, 0.29) is 42.9 Å². The van der Waals surface area contributed by atoms with E-state index in [1.807, 2.05) is 85.7 Å². The van der Waals surface area contributed by atoms with Gasteiger partial charge in [-0.05, 0) is 48.5 Å². The summed E-state index contributed by atoms with van der Waals surface area (Å²) in [5.74, 6) is -3.01. The number of ether oxygens (including phenoxy) is 1. The zero-order valence-electron chi connectivity index (χ0n) is 27.3. The fourth-order valence-corrected chi connectivity index (χ4v) is 5.16. The lowest BCUT2D eigenvalue weighted by molar-refractivity contribution is -0.160. The summed E-state index contributed by atoms with van der Waals surface area (Å²) in [6.45, 7) is 15.2. The Balaban J connectivity index is 2.65. The minimum absolute atomic E-state index is 0.00662. The van der Waals surface area contributed by atoms with Crippen LogP contribution in [-0.4, -0.2) is 71.8 Å². The molecule has 0 radical (unpaired) electrons. The Morgan fingerprint density at radius 1 is 0.698 bits per heavy atom. The largest absolute Gasteiger partial charge is 0.451 e. The van der Waals surface area contributed by atoms with Gasteiger partial charge in [0.15, 0.2) is 6.10 Å². The van der Waals surface area contributed by atoms with Crippen LogP contribution >= 0.6 is 0 Å². The van der Waals surface area contributed by atoms with Crippen LogP contribution in [0, 0.1) is 23.7 Å². The molecule has 0 aliphatic carbocycles. The van der Waals surface area contributed by atoms with Crippen LogP contribution in [0.4, 0.5) is 0 Å². The third-order valence-electron chi connectivity index (χ3n) is 7.50. The number of carbonyl (C=O) groups is 5. The molecule has 240 valence electrons. The molecule has 4 amide bonds. The highest BCUT2D eigenvalue weighted by Crippen LogP contribution is 2.18. The van der Waals surface area contributed by atoms with Crippen molar-refractivity contribution in [2.45, 2.75) is 111 Å². The highest BCUT2D eigenvalue weighted by molar-refractivity contribution is 5.96. The molecule has 1 fully saturated rings. The van der Waals surface area contributed by atoms with Crippen molar-refractivity contribution < 1.29 is 28.7 Å². The molecule has 0 saturated carbocycles. The molecule has 2 rings (SSSR count). The van der Waals surface area contributed by atoms with Crippen molar-refractivity contribution in [3.05, 3.63) is 35.9 Å². The Kier molecular flexibility index (Phi) is 13.7. The van der Waals surface area contributed by atoms with E-state index in [2.05, 4.69) is 16.0 Å². The number of nitrogens with one attached hydrogen (secondary N) is 3. The molecule has 0 spiro atoms. The van der Waals surface area contributed by atoms with E-state index in [1.54, 1.807) is 7.05 Å². The van der Waals surface area contributed by atoms with Gasteiger partial charge >= 0.3 is 5.97 Å². The molecule has 0 aromatic heterocycles. The summed E-state index contributed by atoms with van der Waals surface area (Å²) in [6.07, 6.45) is -0.117. The Bertz CT molecular complexity index is 1100. The van der Waals surface area contributed by atoms with E-state index < -0.39 is 59.9 Å². The number of carbonyl (C=O) groups excluding carboxylic acids is 5. The molecule has 5 atom stereocenters. The van der Waals surface area contributed by atoms with Gasteiger partial charge in [-0.1, -0.05) is 85.7 Å². The number of hydrogen-bond donors (Lipinski definition) is 3. The number of nitrogens with zero attached hydrogens (tertiary/aromatic N) is 1. The van der Waals surface area contributed by atoms with Crippen molar-refractivity contribution in [3.8, 4) is 0 Å². The summed E-state index contributed by atoms with van der Waals surface area (Å²) in [7, 11) is 1.55. The number of amides is 4. The summed E-state index contributed by atoms with van der Waals surface area (Å²) in [5.41, 5.74) is 0.820. The van der Waals surface area contributed by atoms with E-state index >= 15 is 0 Å². The van der Waals surface area contributed by atoms with E-state index in [0.717, 1.165) is 5.56 Å². The SMILES string of the molecule is CC(C)CC1NC(=O)[C@H](Cc2ccccc2)NC(=O)C(CC(C)C)N(C)C(=O)[C@H](C(C)C)NC(=O)[C@H](CC(C)C)OC1=O. The van der Waals surface area contributed by atoms with E-state index in [4.69, 9.17) is 4.74 Å². The summed E-state index contributed by atoms with van der Waals surface area (Å²) in [6, 6.07) is 5.37. The summed E-state index contributed by atoms with van der Waals surface area (Å²) in [4.78, 5) is 69.9. The second-order valence-electron chi connectivity index (χ2n) is 13.3. The maximum Gasteiger partial charge on any atom is 0.329 e. The molecule has 2 unspecified atom stereocenters. The Hall–Kier alpha value is -3.43. The van der Waals surface area contributed by atoms with Crippen molar-refractivity contribution >= 4 is 29.6 Å². The molecule has 3 N–H and O–H groups in total. The fraction of sp³-hybridized carbons (Fsp3) is 0.667.